The summed E-state index contributed by atoms with van der Waals surface area (Å²) in [5, 5.41) is 0. The lowest BCUT2D eigenvalue weighted by Crippen LogP contribution is -2.25. The number of rotatable bonds is 11. The van der Waals surface area contributed by atoms with Crippen molar-refractivity contribution in [3.05, 3.63) is 39.5 Å². The van der Waals surface area contributed by atoms with Crippen molar-refractivity contribution in [2.45, 2.75) is 54.4 Å². The van der Waals surface area contributed by atoms with E-state index in [2.05, 4.69) is 68.5 Å². The van der Waals surface area contributed by atoms with Crippen molar-refractivity contribution in [2.75, 3.05) is 38.3 Å². The van der Waals surface area contributed by atoms with E-state index >= 15 is 0 Å². The Hall–Kier alpha value is -0.460. The van der Waals surface area contributed by atoms with Gasteiger partial charge in [-0.1, -0.05) is 20.6 Å². The molecule has 0 amide bonds. The third-order valence-electron chi connectivity index (χ3n) is 5.37. The Morgan fingerprint density at radius 3 is 2.15 bits per heavy atom. The Bertz CT molecular complexity index is 586. The number of ether oxygens (including phenoxy) is 1. The van der Waals surface area contributed by atoms with Crippen molar-refractivity contribution in [1.82, 2.24) is 0 Å². The minimum atomic E-state index is 0.483. The van der Waals surface area contributed by atoms with Gasteiger partial charge in [0.2, 0.25) is 0 Å². The van der Waals surface area contributed by atoms with Crippen molar-refractivity contribution >= 4 is 23.1 Å². The topological polar surface area (TPSA) is 21.7 Å². The molecule has 0 N–H and O–H groups in total. The van der Waals surface area contributed by atoms with Gasteiger partial charge >= 0.3 is 0 Å². The van der Waals surface area contributed by atoms with Crippen LogP contribution < -0.4 is 4.90 Å². The van der Waals surface area contributed by atoms with Crippen LogP contribution in [0.3, 0.4) is 0 Å². The zero-order valence-corrected chi connectivity index (χ0v) is 19.8. The molecule has 2 unspecified atom stereocenters. The number of anilines is 1. The Kier molecular flexibility index (Phi) is 11.0. The zero-order valence-electron chi connectivity index (χ0n) is 17.7. The van der Waals surface area contributed by atoms with E-state index in [1.165, 1.54) is 39.1 Å². The first-order chi connectivity index (χ1) is 12.3. The first-order valence-electron chi connectivity index (χ1n) is 9.40. The van der Waals surface area contributed by atoms with Crippen LogP contribution >= 0.6 is 17.4 Å². The quantitative estimate of drug-likeness (QED) is 0.267. The van der Waals surface area contributed by atoms with Gasteiger partial charge < -0.3 is 14.2 Å². The normalized spacial score (nSPS) is 12.4. The summed E-state index contributed by atoms with van der Waals surface area (Å²) < 4.78 is 11.2. The highest BCUT2D eigenvalue weighted by atomic mass is 32.0. The second-order valence-electron chi connectivity index (χ2n) is 7.09. The molecule has 3 nitrogen and oxygen atoms in total. The van der Waals surface area contributed by atoms with Gasteiger partial charge in [-0.15, -0.1) is 0 Å². The molecule has 148 valence electrons. The Balaban J connectivity index is 2.42. The Morgan fingerprint density at radius 2 is 1.58 bits per heavy atom. The van der Waals surface area contributed by atoms with Crippen LogP contribution in [0.15, 0.2) is 11.6 Å². The van der Waals surface area contributed by atoms with Gasteiger partial charge in [0.1, 0.15) is 0 Å². The maximum absolute atomic E-state index is 5.86. The molecule has 1 aromatic carbocycles. The maximum Gasteiger partial charge on any atom is 0.0693 e. The molecule has 26 heavy (non-hydrogen) atoms. The predicted molar refractivity (Wildman–Crippen MR) is 121 cm³/mol. The Morgan fingerprint density at radius 1 is 1.00 bits per heavy atom. The lowest BCUT2D eigenvalue weighted by molar-refractivity contribution is 0.138. The summed E-state index contributed by atoms with van der Waals surface area (Å²) in [7, 11) is 5.25. The third-order valence-corrected chi connectivity index (χ3v) is 6.20. The largest absolute Gasteiger partial charge is 0.380 e. The Labute approximate surface area is 164 Å². The second-order valence-corrected chi connectivity index (χ2v) is 8.32. The molecule has 0 saturated carbocycles. The van der Waals surface area contributed by atoms with E-state index < -0.39 is 0 Å². The molecule has 1 rings (SSSR count). The fourth-order valence-corrected chi connectivity index (χ4v) is 3.72. The van der Waals surface area contributed by atoms with Crippen LogP contribution in [-0.2, 0) is 9.26 Å². The van der Waals surface area contributed by atoms with E-state index in [4.69, 9.17) is 9.26 Å². The second kappa shape index (κ2) is 12.1. The first kappa shape index (κ1) is 23.6. The lowest BCUT2D eigenvalue weighted by Gasteiger charge is -2.27. The van der Waals surface area contributed by atoms with Crippen LogP contribution in [0.4, 0.5) is 5.69 Å². The molecule has 2 atom stereocenters. The monoisotopic (exact) mass is 397 g/mol. The van der Waals surface area contributed by atoms with Crippen LogP contribution in [0.2, 0.25) is 0 Å². The van der Waals surface area contributed by atoms with Gasteiger partial charge in [-0.05, 0) is 82.2 Å². The summed E-state index contributed by atoms with van der Waals surface area (Å²) >= 11 is 0. The zero-order chi connectivity index (χ0) is 19.7. The number of hydrogen-bond donors (Lipinski definition) is 0. The lowest BCUT2D eigenvalue weighted by atomic mass is 9.92. The van der Waals surface area contributed by atoms with Crippen LogP contribution in [0, 0.1) is 34.6 Å². The van der Waals surface area contributed by atoms with Gasteiger partial charge in [0.25, 0.3) is 0 Å². The molecule has 0 fully saturated rings. The molecule has 0 aliphatic rings. The van der Waals surface area contributed by atoms with Gasteiger partial charge in [-0.3, -0.25) is 0 Å². The molecule has 0 radical (unpaired) electrons. The van der Waals surface area contributed by atoms with Gasteiger partial charge in [0.05, 0.1) is 13.2 Å². The highest BCUT2D eigenvalue weighted by Gasteiger charge is 2.15. The van der Waals surface area contributed by atoms with Crippen LogP contribution in [0.25, 0.3) is 0 Å². The number of allylic oxidation sites excluding steroid dienone is 1. The van der Waals surface area contributed by atoms with Gasteiger partial charge in [-0.25, -0.2) is 0 Å². The van der Waals surface area contributed by atoms with Crippen molar-refractivity contribution in [2.24, 2.45) is 0 Å². The standard InChI is InChI=1S/C21H37NO2P2/c1-15(10-13-24-26-25)9-8-12-23-14-11-22(7)21-19(5)17(3)16(2)18(4)20(21)6/h10,26H,8-9,11-14,25H2,1-7H3/b15-10+. The number of nitrogens with zero attached hydrogens (tertiary/aromatic N) is 1. The van der Waals surface area contributed by atoms with E-state index in [1.54, 1.807) is 0 Å². The van der Waals surface area contributed by atoms with E-state index in [-0.39, 0.29) is 0 Å². The number of benzene rings is 1. The van der Waals surface area contributed by atoms with Crippen molar-refractivity contribution in [3.8, 4) is 0 Å². The summed E-state index contributed by atoms with van der Waals surface area (Å²) in [5.74, 6) is 0. The average molecular weight is 397 g/mol. The van der Waals surface area contributed by atoms with Crippen LogP contribution in [-0.4, -0.2) is 33.4 Å². The van der Waals surface area contributed by atoms with Gasteiger partial charge in [-0.2, -0.15) is 0 Å². The van der Waals surface area contributed by atoms with E-state index in [0.717, 1.165) is 32.6 Å². The predicted octanol–water partition coefficient (Wildman–Crippen LogP) is 5.81. The summed E-state index contributed by atoms with van der Waals surface area (Å²) in [4.78, 5) is 2.34. The molecule has 0 bridgehead atoms. The van der Waals surface area contributed by atoms with Crippen molar-refractivity contribution < 1.29 is 9.26 Å². The molecule has 0 aromatic heterocycles. The number of likely N-dealkylation sites (N-methyl/N-ethyl adjacent to an activating group) is 1. The third kappa shape index (κ3) is 6.93. The summed E-state index contributed by atoms with van der Waals surface area (Å²) in [6, 6.07) is 0. The summed E-state index contributed by atoms with van der Waals surface area (Å²) in [6.45, 7) is 16.5. The summed E-state index contributed by atoms with van der Waals surface area (Å²) in [5.41, 5.74) is 9.76. The molecular formula is C21H37NO2P2. The highest BCUT2D eigenvalue weighted by Crippen LogP contribution is 2.32. The van der Waals surface area contributed by atoms with E-state index in [0.29, 0.717) is 15.1 Å². The average Bonchev–Trinajstić information content (AvgIpc) is 2.61. The molecule has 0 heterocycles. The molecule has 0 aliphatic carbocycles. The first-order valence-corrected chi connectivity index (χ1v) is 12.1. The molecule has 0 spiro atoms. The molecule has 0 aliphatic heterocycles. The maximum atomic E-state index is 5.86. The fourth-order valence-electron chi connectivity index (χ4n) is 3.26. The van der Waals surface area contributed by atoms with Gasteiger partial charge in [0.15, 0.2) is 0 Å². The van der Waals surface area contributed by atoms with Crippen LogP contribution in [0.5, 0.6) is 0 Å². The highest BCUT2D eigenvalue weighted by molar-refractivity contribution is 8.00. The number of hydrogen-bond acceptors (Lipinski definition) is 3. The van der Waals surface area contributed by atoms with E-state index in [9.17, 15) is 0 Å². The summed E-state index contributed by atoms with van der Waals surface area (Å²) in [6.07, 6.45) is 4.31. The van der Waals surface area contributed by atoms with Crippen LogP contribution in [0.1, 0.15) is 47.6 Å². The molecule has 0 saturated heterocycles. The SMILES string of the molecule is C/C(=C\COPP)CCCOCCN(C)c1c(C)c(C)c(C)c(C)c1C. The molecule has 1 aromatic rings. The van der Waals surface area contributed by atoms with Crippen molar-refractivity contribution in [3.63, 3.8) is 0 Å². The smallest absolute Gasteiger partial charge is 0.0693 e. The fraction of sp³-hybridized carbons (Fsp3) is 0.619. The molecular weight excluding hydrogens is 360 g/mol. The minimum absolute atomic E-state index is 0.483. The molecule has 5 heteroatoms. The van der Waals surface area contributed by atoms with Crippen molar-refractivity contribution in [1.29, 1.82) is 0 Å². The minimum Gasteiger partial charge on any atom is -0.380 e. The van der Waals surface area contributed by atoms with E-state index in [1.807, 2.05) is 0 Å². The van der Waals surface area contributed by atoms with Gasteiger partial charge in [0, 0.05) is 34.4 Å².